The highest BCUT2D eigenvalue weighted by molar-refractivity contribution is 6.36. The zero-order chi connectivity index (χ0) is 13.1. The summed E-state index contributed by atoms with van der Waals surface area (Å²) >= 11 is 0. The summed E-state index contributed by atoms with van der Waals surface area (Å²) in [5, 5.41) is 12.6. The van der Waals surface area contributed by atoms with Crippen molar-refractivity contribution in [1.29, 1.82) is 0 Å². The minimum Gasteiger partial charge on any atom is -0.497 e. The summed E-state index contributed by atoms with van der Waals surface area (Å²) in [5.74, 6) is -1.82. The molecular formula is C13H11NO4. The first-order valence-corrected chi connectivity index (χ1v) is 5.22. The predicted octanol–water partition coefficient (Wildman–Crippen LogP) is 1.87. The Morgan fingerprint density at radius 2 is 1.78 bits per heavy atom. The molecule has 0 atom stereocenters. The molecule has 92 valence electrons. The second kappa shape index (κ2) is 4.75. The maximum absolute atomic E-state index is 11.0. The lowest BCUT2D eigenvalue weighted by molar-refractivity contribution is -0.147. The number of hydrogen-bond acceptors (Lipinski definition) is 3. The Kier molecular flexibility index (Phi) is 3.14. The summed E-state index contributed by atoms with van der Waals surface area (Å²) in [7, 11) is 1.59. The Bertz CT molecular complexity index is 621. The average molecular weight is 245 g/mol. The molecule has 1 amide bonds. The molecule has 0 radical (unpaired) electrons. The van der Waals surface area contributed by atoms with E-state index in [1.54, 1.807) is 31.4 Å². The molecule has 0 saturated heterocycles. The van der Waals surface area contributed by atoms with Crippen LogP contribution in [0.25, 0.3) is 10.8 Å². The molecule has 5 heteroatoms. The van der Waals surface area contributed by atoms with Crippen molar-refractivity contribution in [2.75, 3.05) is 12.4 Å². The normalized spacial score (nSPS) is 10.1. The average Bonchev–Trinajstić information content (AvgIpc) is 2.37. The number of benzene rings is 2. The van der Waals surface area contributed by atoms with Crippen LogP contribution >= 0.6 is 0 Å². The van der Waals surface area contributed by atoms with E-state index in [1.165, 1.54) is 0 Å². The molecule has 0 spiro atoms. The third-order valence-corrected chi connectivity index (χ3v) is 2.50. The van der Waals surface area contributed by atoms with Crippen molar-refractivity contribution in [3.05, 3.63) is 36.4 Å². The Hall–Kier alpha value is -2.56. The van der Waals surface area contributed by atoms with Crippen molar-refractivity contribution in [1.82, 2.24) is 0 Å². The molecule has 0 saturated carbocycles. The molecule has 0 bridgehead atoms. The van der Waals surface area contributed by atoms with Crippen LogP contribution in [0.2, 0.25) is 0 Å². The first-order valence-electron chi connectivity index (χ1n) is 5.22. The molecule has 0 aliphatic carbocycles. The second-order valence-electron chi connectivity index (χ2n) is 3.69. The maximum Gasteiger partial charge on any atom is 0.394 e. The van der Waals surface area contributed by atoms with Gasteiger partial charge in [-0.1, -0.05) is 12.1 Å². The summed E-state index contributed by atoms with van der Waals surface area (Å²) < 4.78 is 5.10. The van der Waals surface area contributed by atoms with Gasteiger partial charge in [0.15, 0.2) is 0 Å². The van der Waals surface area contributed by atoms with Crippen LogP contribution in [-0.4, -0.2) is 24.1 Å². The van der Waals surface area contributed by atoms with Crippen molar-refractivity contribution in [2.24, 2.45) is 0 Å². The maximum atomic E-state index is 11.0. The van der Waals surface area contributed by atoms with E-state index in [-0.39, 0.29) is 0 Å². The molecular weight excluding hydrogens is 234 g/mol. The van der Waals surface area contributed by atoms with Gasteiger partial charge in [-0.25, -0.2) is 4.79 Å². The smallest absolute Gasteiger partial charge is 0.394 e. The molecule has 2 rings (SSSR count). The van der Waals surface area contributed by atoms with Gasteiger partial charge in [-0.2, -0.15) is 0 Å². The van der Waals surface area contributed by atoms with Gasteiger partial charge >= 0.3 is 11.9 Å². The van der Waals surface area contributed by atoms with Crippen LogP contribution in [0.3, 0.4) is 0 Å². The minimum atomic E-state index is -1.51. The van der Waals surface area contributed by atoms with Gasteiger partial charge in [0.2, 0.25) is 0 Å². The van der Waals surface area contributed by atoms with Crippen LogP contribution in [0.1, 0.15) is 0 Å². The summed E-state index contributed by atoms with van der Waals surface area (Å²) in [5.41, 5.74) is 0.445. The number of anilines is 1. The molecule has 2 N–H and O–H groups in total. The summed E-state index contributed by atoms with van der Waals surface area (Å²) in [6, 6.07) is 10.6. The minimum absolute atomic E-state index is 0.445. The third-order valence-electron chi connectivity index (χ3n) is 2.50. The highest BCUT2D eigenvalue weighted by Crippen LogP contribution is 2.23. The first-order chi connectivity index (χ1) is 8.60. The number of fused-ring (bicyclic) bond motifs is 1. The van der Waals surface area contributed by atoms with E-state index >= 15 is 0 Å². The van der Waals surface area contributed by atoms with Crippen LogP contribution in [0.4, 0.5) is 5.69 Å². The molecule has 0 aliphatic heterocycles. The quantitative estimate of drug-likeness (QED) is 0.792. The SMILES string of the molecule is COc1ccc2cc(NC(=O)C(=O)O)ccc2c1. The van der Waals surface area contributed by atoms with Crippen LogP contribution in [0.15, 0.2) is 36.4 Å². The lowest BCUT2D eigenvalue weighted by atomic mass is 10.1. The van der Waals surface area contributed by atoms with Crippen molar-refractivity contribution in [2.45, 2.75) is 0 Å². The number of hydrogen-bond donors (Lipinski definition) is 2. The highest BCUT2D eigenvalue weighted by Gasteiger charge is 2.11. The highest BCUT2D eigenvalue weighted by atomic mass is 16.5. The zero-order valence-electron chi connectivity index (χ0n) is 9.64. The van der Waals surface area contributed by atoms with Gasteiger partial charge in [0.1, 0.15) is 5.75 Å². The summed E-state index contributed by atoms with van der Waals surface area (Å²) in [4.78, 5) is 21.4. The number of carbonyl (C=O) groups excluding carboxylic acids is 1. The van der Waals surface area contributed by atoms with Gasteiger partial charge in [0.05, 0.1) is 7.11 Å². The molecule has 0 fully saturated rings. The Morgan fingerprint density at radius 3 is 2.44 bits per heavy atom. The van der Waals surface area contributed by atoms with E-state index in [0.717, 1.165) is 16.5 Å². The Balaban J connectivity index is 2.33. The number of amides is 1. The van der Waals surface area contributed by atoms with E-state index in [2.05, 4.69) is 5.32 Å². The Labute approximate surface area is 103 Å². The third kappa shape index (κ3) is 2.40. The van der Waals surface area contributed by atoms with Crippen LogP contribution < -0.4 is 10.1 Å². The van der Waals surface area contributed by atoms with Gasteiger partial charge in [-0.05, 0) is 35.0 Å². The van der Waals surface area contributed by atoms with Crippen molar-refractivity contribution < 1.29 is 19.4 Å². The Morgan fingerprint density at radius 1 is 1.11 bits per heavy atom. The molecule has 0 unspecified atom stereocenters. The topological polar surface area (TPSA) is 75.6 Å². The zero-order valence-corrected chi connectivity index (χ0v) is 9.64. The van der Waals surface area contributed by atoms with Crippen molar-refractivity contribution in [3.8, 4) is 5.75 Å². The monoisotopic (exact) mass is 245 g/mol. The number of carbonyl (C=O) groups is 2. The fourth-order valence-electron chi connectivity index (χ4n) is 1.61. The van der Waals surface area contributed by atoms with E-state index in [1.807, 2.05) is 12.1 Å². The van der Waals surface area contributed by atoms with E-state index in [0.29, 0.717) is 5.69 Å². The van der Waals surface area contributed by atoms with Crippen LogP contribution in [0.5, 0.6) is 5.75 Å². The molecule has 0 aliphatic rings. The largest absolute Gasteiger partial charge is 0.497 e. The van der Waals surface area contributed by atoms with Gasteiger partial charge in [-0.15, -0.1) is 0 Å². The lowest BCUT2D eigenvalue weighted by Gasteiger charge is -2.05. The van der Waals surface area contributed by atoms with E-state index < -0.39 is 11.9 Å². The van der Waals surface area contributed by atoms with Gasteiger partial charge in [0.25, 0.3) is 0 Å². The molecule has 0 aromatic heterocycles. The van der Waals surface area contributed by atoms with Crippen LogP contribution in [-0.2, 0) is 9.59 Å². The number of carboxylic acid groups (broad SMARTS) is 1. The first kappa shape index (κ1) is 11.9. The number of carboxylic acids is 1. The van der Waals surface area contributed by atoms with Crippen molar-refractivity contribution >= 4 is 28.3 Å². The fourth-order valence-corrected chi connectivity index (χ4v) is 1.61. The van der Waals surface area contributed by atoms with Gasteiger partial charge in [0, 0.05) is 5.69 Å². The van der Waals surface area contributed by atoms with E-state index in [4.69, 9.17) is 9.84 Å². The standard InChI is InChI=1S/C13H11NO4/c1-18-11-5-3-8-6-10(4-2-9(8)7-11)14-12(15)13(16)17/h2-7H,1H3,(H,14,15)(H,16,17). The lowest BCUT2D eigenvalue weighted by Crippen LogP contribution is -2.21. The predicted molar refractivity (Wildman–Crippen MR) is 66.8 cm³/mol. The molecule has 0 heterocycles. The van der Waals surface area contributed by atoms with Crippen LogP contribution in [0, 0.1) is 0 Å². The van der Waals surface area contributed by atoms with Gasteiger partial charge in [-0.3, -0.25) is 4.79 Å². The fraction of sp³-hybridized carbons (Fsp3) is 0.0769. The second-order valence-corrected chi connectivity index (χ2v) is 3.69. The number of ether oxygens (including phenoxy) is 1. The molecule has 2 aromatic carbocycles. The van der Waals surface area contributed by atoms with Gasteiger partial charge < -0.3 is 15.2 Å². The summed E-state index contributed by atoms with van der Waals surface area (Å²) in [6.07, 6.45) is 0. The number of nitrogens with one attached hydrogen (secondary N) is 1. The summed E-state index contributed by atoms with van der Waals surface area (Å²) in [6.45, 7) is 0. The number of aliphatic carboxylic acids is 1. The van der Waals surface area contributed by atoms with E-state index in [9.17, 15) is 9.59 Å². The number of rotatable bonds is 2. The molecule has 5 nitrogen and oxygen atoms in total. The number of methoxy groups -OCH3 is 1. The molecule has 2 aromatic rings. The van der Waals surface area contributed by atoms with Crippen molar-refractivity contribution in [3.63, 3.8) is 0 Å². The molecule has 18 heavy (non-hydrogen) atoms.